The lowest BCUT2D eigenvalue weighted by Gasteiger charge is -2.30. The van der Waals surface area contributed by atoms with E-state index in [-0.39, 0.29) is 19.1 Å². The fourth-order valence-corrected chi connectivity index (χ4v) is 2.34. The first-order valence-corrected chi connectivity index (χ1v) is 5.95. The zero-order valence-corrected chi connectivity index (χ0v) is 10.1. The highest BCUT2D eigenvalue weighted by Gasteiger charge is 2.30. The fraction of sp³-hybridized carbons (Fsp3) is 0.500. The summed E-state index contributed by atoms with van der Waals surface area (Å²) in [6.45, 7) is 2.58. The molecule has 0 saturated carbocycles. The molecule has 7 heteroatoms. The third-order valence-corrected chi connectivity index (χ3v) is 3.36. The number of carbonyl (C=O) groups excluding carboxylic acids is 1. The lowest BCUT2D eigenvalue weighted by Crippen LogP contribution is -2.48. The van der Waals surface area contributed by atoms with Gasteiger partial charge in [0.05, 0.1) is 24.4 Å². The van der Waals surface area contributed by atoms with Crippen molar-refractivity contribution in [2.75, 3.05) is 19.7 Å². The van der Waals surface area contributed by atoms with Crippen LogP contribution in [-0.2, 0) is 9.53 Å². The van der Waals surface area contributed by atoms with Crippen LogP contribution in [0.15, 0.2) is 6.20 Å². The van der Waals surface area contributed by atoms with E-state index in [0.717, 1.165) is 5.01 Å². The number of nitrogens with zero attached hydrogens (tertiary/aromatic N) is 2. The Morgan fingerprint density at radius 1 is 1.65 bits per heavy atom. The molecule has 1 amide bonds. The Kier molecular flexibility index (Phi) is 3.39. The van der Waals surface area contributed by atoms with E-state index in [1.165, 1.54) is 22.4 Å². The highest BCUT2D eigenvalue weighted by atomic mass is 32.1. The van der Waals surface area contributed by atoms with Gasteiger partial charge in [0.1, 0.15) is 4.88 Å². The van der Waals surface area contributed by atoms with Crippen molar-refractivity contribution in [2.24, 2.45) is 0 Å². The molecular formula is C10H12N2O4S. The first kappa shape index (κ1) is 12.0. The molecule has 1 aliphatic heterocycles. The molecule has 1 N–H and O–H groups in total. The lowest BCUT2D eigenvalue weighted by molar-refractivity contribution is -0.154. The Balaban J connectivity index is 2.07. The minimum Gasteiger partial charge on any atom is -0.479 e. The van der Waals surface area contributed by atoms with Crippen LogP contribution in [0.5, 0.6) is 0 Å². The molecule has 0 spiro atoms. The molecule has 0 bridgehead atoms. The number of hydrogen-bond acceptors (Lipinski definition) is 5. The van der Waals surface area contributed by atoms with Crippen LogP contribution in [0.2, 0.25) is 0 Å². The van der Waals surface area contributed by atoms with Crippen LogP contribution in [0.1, 0.15) is 14.7 Å². The van der Waals surface area contributed by atoms with Crippen molar-refractivity contribution >= 4 is 23.2 Å². The molecule has 1 fully saturated rings. The summed E-state index contributed by atoms with van der Waals surface area (Å²) in [5.41, 5.74) is 0. The largest absolute Gasteiger partial charge is 0.479 e. The SMILES string of the molecule is Cc1ncc(C(=O)N2CCOC(C(=O)O)C2)s1. The number of aryl methyl sites for hydroxylation is 1. The van der Waals surface area contributed by atoms with Crippen LogP contribution in [-0.4, -0.2) is 52.7 Å². The monoisotopic (exact) mass is 256 g/mol. The van der Waals surface area contributed by atoms with Gasteiger partial charge >= 0.3 is 5.97 Å². The van der Waals surface area contributed by atoms with E-state index < -0.39 is 12.1 Å². The summed E-state index contributed by atoms with van der Waals surface area (Å²) >= 11 is 1.31. The predicted molar refractivity (Wildman–Crippen MR) is 60.1 cm³/mol. The van der Waals surface area contributed by atoms with Crippen LogP contribution in [0, 0.1) is 6.92 Å². The molecule has 0 radical (unpaired) electrons. The number of aromatic nitrogens is 1. The van der Waals surface area contributed by atoms with Gasteiger partial charge in [-0.05, 0) is 6.92 Å². The summed E-state index contributed by atoms with van der Waals surface area (Å²) in [4.78, 5) is 28.9. The molecule has 1 aliphatic rings. The molecule has 0 aromatic carbocycles. The van der Waals surface area contributed by atoms with Gasteiger partial charge in [-0.15, -0.1) is 11.3 Å². The maximum absolute atomic E-state index is 12.0. The normalized spacial score (nSPS) is 20.3. The number of rotatable bonds is 2. The van der Waals surface area contributed by atoms with E-state index in [0.29, 0.717) is 11.4 Å². The van der Waals surface area contributed by atoms with Gasteiger partial charge in [0.15, 0.2) is 6.10 Å². The molecule has 0 aliphatic carbocycles. The lowest BCUT2D eigenvalue weighted by atomic mass is 10.2. The zero-order valence-electron chi connectivity index (χ0n) is 9.25. The quantitative estimate of drug-likeness (QED) is 0.827. The topological polar surface area (TPSA) is 79.7 Å². The number of amides is 1. The molecule has 2 heterocycles. The molecule has 6 nitrogen and oxygen atoms in total. The Bertz CT molecular complexity index is 445. The summed E-state index contributed by atoms with van der Waals surface area (Å²) in [5.74, 6) is -1.21. The maximum Gasteiger partial charge on any atom is 0.334 e. The third kappa shape index (κ3) is 2.62. The highest BCUT2D eigenvalue weighted by molar-refractivity contribution is 7.13. The van der Waals surface area contributed by atoms with E-state index in [4.69, 9.17) is 9.84 Å². The zero-order chi connectivity index (χ0) is 12.4. The van der Waals surface area contributed by atoms with Crippen molar-refractivity contribution < 1.29 is 19.4 Å². The summed E-state index contributed by atoms with van der Waals surface area (Å²) in [5, 5.41) is 9.66. The van der Waals surface area contributed by atoms with Crippen LogP contribution in [0.4, 0.5) is 0 Å². The van der Waals surface area contributed by atoms with Gasteiger partial charge in [0.25, 0.3) is 5.91 Å². The second-order valence-electron chi connectivity index (χ2n) is 3.69. The van der Waals surface area contributed by atoms with E-state index in [2.05, 4.69) is 4.98 Å². The van der Waals surface area contributed by atoms with Crippen molar-refractivity contribution in [3.8, 4) is 0 Å². The molecule has 92 valence electrons. The minimum absolute atomic E-state index is 0.0884. The Morgan fingerprint density at radius 2 is 2.41 bits per heavy atom. The average Bonchev–Trinajstić information content (AvgIpc) is 2.75. The summed E-state index contributed by atoms with van der Waals surface area (Å²) in [7, 11) is 0. The predicted octanol–water partition coefficient (Wildman–Crippen LogP) is 0.377. The molecule has 17 heavy (non-hydrogen) atoms. The molecule has 1 unspecified atom stereocenters. The van der Waals surface area contributed by atoms with Gasteiger partial charge < -0.3 is 14.7 Å². The second kappa shape index (κ2) is 4.80. The van der Waals surface area contributed by atoms with Crippen LogP contribution in [0.3, 0.4) is 0 Å². The van der Waals surface area contributed by atoms with Crippen molar-refractivity contribution in [2.45, 2.75) is 13.0 Å². The fourth-order valence-electron chi connectivity index (χ4n) is 1.60. The Morgan fingerprint density at radius 3 is 3.00 bits per heavy atom. The van der Waals surface area contributed by atoms with Crippen molar-refractivity contribution in [1.29, 1.82) is 0 Å². The number of carbonyl (C=O) groups is 2. The summed E-state index contributed by atoms with van der Waals surface area (Å²) in [6, 6.07) is 0. The molecule has 1 atom stereocenters. The number of aliphatic carboxylic acids is 1. The standard InChI is InChI=1S/C10H12N2O4S/c1-6-11-4-8(17-6)9(13)12-2-3-16-7(5-12)10(14)15/h4,7H,2-3,5H2,1H3,(H,14,15). The number of thiazole rings is 1. The van der Waals surface area contributed by atoms with Crippen molar-refractivity contribution in [3.05, 3.63) is 16.1 Å². The van der Waals surface area contributed by atoms with Crippen molar-refractivity contribution in [3.63, 3.8) is 0 Å². The summed E-state index contributed by atoms with van der Waals surface area (Å²) < 4.78 is 5.06. The minimum atomic E-state index is -1.04. The molecule has 1 aromatic heterocycles. The van der Waals surface area contributed by atoms with Gasteiger partial charge in [-0.2, -0.15) is 0 Å². The number of carboxylic acid groups (broad SMARTS) is 1. The van der Waals surface area contributed by atoms with E-state index in [1.54, 1.807) is 0 Å². The Hall–Kier alpha value is -1.47. The molecular weight excluding hydrogens is 244 g/mol. The second-order valence-corrected chi connectivity index (χ2v) is 4.93. The number of ether oxygens (including phenoxy) is 1. The highest BCUT2D eigenvalue weighted by Crippen LogP contribution is 2.16. The van der Waals surface area contributed by atoms with Crippen LogP contribution in [0.25, 0.3) is 0 Å². The summed E-state index contributed by atoms with van der Waals surface area (Å²) in [6.07, 6.45) is 0.592. The Labute approximate surface area is 102 Å². The molecule has 1 aromatic rings. The van der Waals surface area contributed by atoms with Gasteiger partial charge in [-0.1, -0.05) is 0 Å². The number of hydrogen-bond donors (Lipinski definition) is 1. The van der Waals surface area contributed by atoms with Gasteiger partial charge in [-0.25, -0.2) is 9.78 Å². The van der Waals surface area contributed by atoms with Crippen molar-refractivity contribution in [1.82, 2.24) is 9.88 Å². The maximum atomic E-state index is 12.0. The molecule has 2 rings (SSSR count). The first-order valence-electron chi connectivity index (χ1n) is 5.14. The van der Waals surface area contributed by atoms with Crippen LogP contribution < -0.4 is 0 Å². The third-order valence-electron chi connectivity index (χ3n) is 2.46. The van der Waals surface area contributed by atoms with Gasteiger partial charge in [0, 0.05) is 6.54 Å². The number of carboxylic acids is 1. The van der Waals surface area contributed by atoms with Crippen LogP contribution >= 0.6 is 11.3 Å². The van der Waals surface area contributed by atoms with E-state index in [9.17, 15) is 9.59 Å². The smallest absolute Gasteiger partial charge is 0.334 e. The van der Waals surface area contributed by atoms with Gasteiger partial charge in [-0.3, -0.25) is 4.79 Å². The van der Waals surface area contributed by atoms with Gasteiger partial charge in [0.2, 0.25) is 0 Å². The first-order chi connectivity index (χ1) is 8.08. The number of morpholine rings is 1. The van der Waals surface area contributed by atoms with E-state index >= 15 is 0 Å². The average molecular weight is 256 g/mol. The van der Waals surface area contributed by atoms with E-state index in [1.807, 2.05) is 6.92 Å². The molecule has 1 saturated heterocycles.